The normalized spacial score (nSPS) is 11.0. The van der Waals surface area contributed by atoms with Gasteiger partial charge in [0.1, 0.15) is 17.9 Å². The first kappa shape index (κ1) is 20.8. The molecule has 2 aromatic carbocycles. The number of amides is 1. The van der Waals surface area contributed by atoms with Gasteiger partial charge in [-0.15, -0.1) is 0 Å². The minimum absolute atomic E-state index is 0.125. The Hall–Kier alpha value is -3.91. The van der Waals surface area contributed by atoms with Crippen molar-refractivity contribution in [3.63, 3.8) is 0 Å². The van der Waals surface area contributed by atoms with Crippen LogP contribution in [0.25, 0.3) is 17.0 Å². The molecule has 3 N–H and O–H groups in total. The van der Waals surface area contributed by atoms with Crippen molar-refractivity contribution < 1.29 is 24.2 Å². The Kier molecular flexibility index (Phi) is 6.61. The van der Waals surface area contributed by atoms with Gasteiger partial charge in [0.25, 0.3) is 5.56 Å². The second kappa shape index (κ2) is 9.53. The van der Waals surface area contributed by atoms with Gasteiger partial charge < -0.3 is 19.6 Å². The Morgan fingerprint density at radius 2 is 1.93 bits per heavy atom. The van der Waals surface area contributed by atoms with Crippen LogP contribution in [0, 0.1) is 0 Å². The van der Waals surface area contributed by atoms with Crippen LogP contribution in [0.4, 0.5) is 10.5 Å². The zero-order valence-corrected chi connectivity index (χ0v) is 16.2. The third-order valence-corrected chi connectivity index (χ3v) is 4.22. The highest BCUT2D eigenvalue weighted by atomic mass is 16.6. The van der Waals surface area contributed by atoms with E-state index in [-0.39, 0.29) is 17.9 Å². The molecular weight excluding hydrogens is 388 g/mol. The number of benzene rings is 2. The van der Waals surface area contributed by atoms with Crippen molar-refractivity contribution in [1.29, 1.82) is 0 Å². The van der Waals surface area contributed by atoms with Crippen molar-refractivity contribution in [3.8, 4) is 5.75 Å². The van der Waals surface area contributed by atoms with Gasteiger partial charge in [-0.05, 0) is 35.9 Å². The van der Waals surface area contributed by atoms with Gasteiger partial charge in [-0.25, -0.2) is 4.79 Å². The number of ether oxygens (including phenoxy) is 2. The molecular formula is C22H20N2O6. The molecule has 1 amide bonds. The lowest BCUT2D eigenvalue weighted by Gasteiger charge is -2.07. The summed E-state index contributed by atoms with van der Waals surface area (Å²) in [6, 6.07) is 13.4. The van der Waals surface area contributed by atoms with Crippen LogP contribution in [0.1, 0.15) is 15.9 Å². The van der Waals surface area contributed by atoms with Crippen LogP contribution in [-0.4, -0.2) is 42.3 Å². The number of pyridine rings is 1. The minimum atomic E-state index is -0.671. The summed E-state index contributed by atoms with van der Waals surface area (Å²) in [6.07, 6.45) is 2.05. The maximum Gasteiger partial charge on any atom is 0.411 e. The number of aromatic hydroxyl groups is 1. The van der Waals surface area contributed by atoms with Gasteiger partial charge in [0.2, 0.25) is 0 Å². The molecule has 3 aromatic rings. The number of aromatic nitrogens is 1. The second-order valence-electron chi connectivity index (χ2n) is 6.30. The lowest BCUT2D eigenvalue weighted by Crippen LogP contribution is -2.17. The number of methoxy groups -OCH3 is 1. The van der Waals surface area contributed by atoms with Gasteiger partial charge in [-0.3, -0.25) is 14.9 Å². The number of fused-ring (bicyclic) bond motifs is 1. The van der Waals surface area contributed by atoms with E-state index in [1.165, 1.54) is 19.3 Å². The highest BCUT2D eigenvalue weighted by Crippen LogP contribution is 2.25. The molecule has 8 nitrogen and oxygen atoms in total. The smallest absolute Gasteiger partial charge is 0.411 e. The lowest BCUT2D eigenvalue weighted by molar-refractivity contribution is 0.104. The van der Waals surface area contributed by atoms with Gasteiger partial charge in [-0.1, -0.05) is 30.3 Å². The summed E-state index contributed by atoms with van der Waals surface area (Å²) in [5.41, 5.74) is 0.515. The molecule has 0 aliphatic rings. The number of carbonyl (C=O) groups is 2. The Morgan fingerprint density at radius 3 is 2.73 bits per heavy atom. The first-order valence-corrected chi connectivity index (χ1v) is 9.09. The van der Waals surface area contributed by atoms with Crippen LogP contribution in [0.15, 0.2) is 59.4 Å². The summed E-state index contributed by atoms with van der Waals surface area (Å²) < 4.78 is 9.74. The summed E-state index contributed by atoms with van der Waals surface area (Å²) in [4.78, 5) is 39.1. The third kappa shape index (κ3) is 4.92. The fourth-order valence-electron chi connectivity index (χ4n) is 2.80. The van der Waals surface area contributed by atoms with Crippen molar-refractivity contribution in [2.75, 3.05) is 25.6 Å². The van der Waals surface area contributed by atoms with Crippen molar-refractivity contribution in [3.05, 3.63) is 76.1 Å². The predicted octanol–water partition coefficient (Wildman–Crippen LogP) is 3.32. The molecule has 8 heteroatoms. The highest BCUT2D eigenvalue weighted by Gasteiger charge is 2.16. The summed E-state index contributed by atoms with van der Waals surface area (Å²) in [5, 5.41) is 13.3. The molecule has 0 radical (unpaired) electrons. The number of hydrogen-bond acceptors (Lipinski definition) is 6. The number of para-hydroxylation sites is 1. The molecule has 1 aromatic heterocycles. The zero-order valence-electron chi connectivity index (χ0n) is 16.2. The number of rotatable bonds is 7. The molecule has 0 aliphatic heterocycles. The minimum Gasteiger partial charge on any atom is -0.506 e. The molecule has 30 heavy (non-hydrogen) atoms. The van der Waals surface area contributed by atoms with Crippen molar-refractivity contribution in [1.82, 2.24) is 4.98 Å². The van der Waals surface area contributed by atoms with E-state index in [2.05, 4.69) is 10.3 Å². The van der Waals surface area contributed by atoms with Crippen LogP contribution in [0.3, 0.4) is 0 Å². The lowest BCUT2D eigenvalue weighted by atomic mass is 10.1. The van der Waals surface area contributed by atoms with Crippen LogP contribution in [-0.2, 0) is 9.47 Å². The number of allylic oxidation sites excluding steroid dienone is 1. The topological polar surface area (TPSA) is 118 Å². The summed E-state index contributed by atoms with van der Waals surface area (Å²) >= 11 is 0. The molecule has 3 rings (SSSR count). The Labute approximate surface area is 171 Å². The van der Waals surface area contributed by atoms with E-state index in [0.29, 0.717) is 28.8 Å². The van der Waals surface area contributed by atoms with Gasteiger partial charge in [0.15, 0.2) is 5.78 Å². The fraction of sp³-hybridized carbons (Fsp3) is 0.136. The SMILES string of the molecule is COCCOC(=O)Nc1cccc(/C=C/C(=O)c2c(O)c3ccccc3[nH]c2=O)c1. The summed E-state index contributed by atoms with van der Waals surface area (Å²) in [5.74, 6) is -1.00. The highest BCUT2D eigenvalue weighted by molar-refractivity contribution is 6.11. The van der Waals surface area contributed by atoms with Crippen LogP contribution in [0.2, 0.25) is 0 Å². The van der Waals surface area contributed by atoms with Crippen molar-refractivity contribution in [2.45, 2.75) is 0 Å². The van der Waals surface area contributed by atoms with Gasteiger partial charge >= 0.3 is 6.09 Å². The fourth-order valence-corrected chi connectivity index (χ4v) is 2.80. The van der Waals surface area contributed by atoms with Crippen LogP contribution < -0.4 is 10.9 Å². The zero-order chi connectivity index (χ0) is 21.5. The molecule has 0 spiro atoms. The van der Waals surface area contributed by atoms with Crippen LogP contribution >= 0.6 is 0 Å². The first-order valence-electron chi connectivity index (χ1n) is 9.09. The number of anilines is 1. The molecule has 0 saturated heterocycles. The molecule has 0 atom stereocenters. The van der Waals surface area contributed by atoms with Gasteiger partial charge in [-0.2, -0.15) is 0 Å². The second-order valence-corrected chi connectivity index (χ2v) is 6.30. The number of aromatic amines is 1. The molecule has 154 valence electrons. The quantitative estimate of drug-likeness (QED) is 0.314. The number of carbonyl (C=O) groups excluding carboxylic acids is 2. The maximum absolute atomic E-state index is 12.5. The molecule has 1 heterocycles. The van der Waals surface area contributed by atoms with Crippen molar-refractivity contribution in [2.24, 2.45) is 0 Å². The Balaban J connectivity index is 1.76. The summed E-state index contributed by atoms with van der Waals surface area (Å²) in [6.45, 7) is 0.416. The predicted molar refractivity (Wildman–Crippen MR) is 113 cm³/mol. The van der Waals surface area contributed by atoms with E-state index in [9.17, 15) is 19.5 Å². The van der Waals surface area contributed by atoms with Crippen molar-refractivity contribution >= 4 is 34.5 Å². The van der Waals surface area contributed by atoms with E-state index in [4.69, 9.17) is 9.47 Å². The van der Waals surface area contributed by atoms with E-state index >= 15 is 0 Å². The molecule has 0 fully saturated rings. The monoisotopic (exact) mass is 408 g/mol. The average molecular weight is 408 g/mol. The molecule has 0 unspecified atom stereocenters. The van der Waals surface area contributed by atoms with E-state index in [1.807, 2.05) is 0 Å². The first-order chi connectivity index (χ1) is 14.5. The van der Waals surface area contributed by atoms with Gasteiger partial charge in [0.05, 0.1) is 12.1 Å². The number of hydrogen-bond donors (Lipinski definition) is 3. The average Bonchev–Trinajstić information content (AvgIpc) is 2.73. The van der Waals surface area contributed by atoms with Gasteiger partial charge in [0, 0.05) is 18.2 Å². The van der Waals surface area contributed by atoms with E-state index in [0.717, 1.165) is 0 Å². The Bertz CT molecular complexity index is 1170. The van der Waals surface area contributed by atoms with E-state index < -0.39 is 17.4 Å². The number of H-pyrrole nitrogens is 1. The summed E-state index contributed by atoms with van der Waals surface area (Å²) in [7, 11) is 1.50. The molecule has 0 bridgehead atoms. The standard InChI is InChI=1S/C22H20N2O6/c1-29-11-12-30-22(28)23-15-6-4-5-14(13-15)9-10-18(25)19-20(26)16-7-2-3-8-17(16)24-21(19)27/h2-10,13H,11-12H2,1H3,(H,23,28)(H2,24,26,27)/b10-9+. The third-order valence-electron chi connectivity index (χ3n) is 4.22. The maximum atomic E-state index is 12.5. The van der Waals surface area contributed by atoms with Crippen LogP contribution in [0.5, 0.6) is 5.75 Å². The number of nitrogens with one attached hydrogen (secondary N) is 2. The molecule has 0 aliphatic carbocycles. The molecule has 0 saturated carbocycles. The Morgan fingerprint density at radius 1 is 1.13 bits per heavy atom. The van der Waals surface area contributed by atoms with E-state index in [1.54, 1.807) is 48.5 Å². The largest absolute Gasteiger partial charge is 0.506 e. The number of ketones is 1.